The SMILES string of the molecule is O=C(N/C=C/c1ccccc1F)NCCc1cccc(F)c1. The van der Waals surface area contributed by atoms with Gasteiger partial charge in [-0.25, -0.2) is 13.6 Å². The van der Waals surface area contributed by atoms with E-state index in [1.165, 1.54) is 30.5 Å². The molecule has 0 aliphatic rings. The lowest BCUT2D eigenvalue weighted by molar-refractivity contribution is 0.244. The van der Waals surface area contributed by atoms with Crippen molar-refractivity contribution in [1.29, 1.82) is 0 Å². The molecule has 0 unspecified atom stereocenters. The van der Waals surface area contributed by atoms with Crippen molar-refractivity contribution in [2.24, 2.45) is 0 Å². The Kier molecular flexibility index (Phi) is 5.65. The molecule has 2 rings (SSSR count). The van der Waals surface area contributed by atoms with Crippen LogP contribution in [-0.2, 0) is 6.42 Å². The number of halogens is 2. The van der Waals surface area contributed by atoms with Gasteiger partial charge >= 0.3 is 6.03 Å². The third-order valence-electron chi connectivity index (χ3n) is 2.97. The molecule has 0 atom stereocenters. The Morgan fingerprint density at radius 1 is 1.09 bits per heavy atom. The Hall–Kier alpha value is -2.69. The van der Waals surface area contributed by atoms with Gasteiger partial charge in [-0.15, -0.1) is 0 Å². The molecular formula is C17H16F2N2O. The fraction of sp³-hybridized carbons (Fsp3) is 0.118. The zero-order chi connectivity index (χ0) is 15.8. The quantitative estimate of drug-likeness (QED) is 0.872. The van der Waals surface area contributed by atoms with E-state index >= 15 is 0 Å². The summed E-state index contributed by atoms with van der Waals surface area (Å²) in [7, 11) is 0. The molecule has 2 aromatic carbocycles. The highest BCUT2D eigenvalue weighted by Crippen LogP contribution is 2.07. The number of nitrogens with one attached hydrogen (secondary N) is 2. The average molecular weight is 302 g/mol. The lowest BCUT2D eigenvalue weighted by Crippen LogP contribution is -2.33. The summed E-state index contributed by atoms with van der Waals surface area (Å²) in [6.07, 6.45) is 3.37. The Balaban J connectivity index is 1.73. The molecule has 0 aliphatic heterocycles. The van der Waals surface area contributed by atoms with E-state index in [1.54, 1.807) is 30.3 Å². The number of rotatable bonds is 5. The van der Waals surface area contributed by atoms with E-state index in [0.29, 0.717) is 18.5 Å². The third-order valence-corrected chi connectivity index (χ3v) is 2.97. The summed E-state index contributed by atoms with van der Waals surface area (Å²) in [4.78, 5) is 11.5. The number of amides is 2. The van der Waals surface area contributed by atoms with Gasteiger partial charge in [0.15, 0.2) is 0 Å². The molecule has 0 heterocycles. The molecule has 0 saturated heterocycles. The van der Waals surface area contributed by atoms with Crippen LogP contribution in [0.2, 0.25) is 0 Å². The predicted molar refractivity (Wildman–Crippen MR) is 82.1 cm³/mol. The molecule has 0 aliphatic carbocycles. The largest absolute Gasteiger partial charge is 0.338 e. The van der Waals surface area contributed by atoms with Gasteiger partial charge in [-0.2, -0.15) is 0 Å². The van der Waals surface area contributed by atoms with Crippen LogP contribution in [0.25, 0.3) is 6.08 Å². The summed E-state index contributed by atoms with van der Waals surface area (Å²) in [6, 6.07) is 12.1. The van der Waals surface area contributed by atoms with Crippen molar-refractivity contribution in [3.05, 3.63) is 77.5 Å². The van der Waals surface area contributed by atoms with E-state index in [-0.39, 0.29) is 11.6 Å². The zero-order valence-corrected chi connectivity index (χ0v) is 11.9. The standard InChI is InChI=1S/C17H16F2N2O/c18-15-6-3-4-13(12-15)8-10-20-17(22)21-11-9-14-5-1-2-7-16(14)19/h1-7,9,11-12H,8,10H2,(H2,20,21,22)/b11-9+. The molecule has 5 heteroatoms. The van der Waals surface area contributed by atoms with E-state index in [0.717, 1.165) is 5.56 Å². The van der Waals surface area contributed by atoms with Gasteiger partial charge < -0.3 is 10.6 Å². The molecule has 0 radical (unpaired) electrons. The van der Waals surface area contributed by atoms with Crippen molar-refractivity contribution in [2.45, 2.75) is 6.42 Å². The summed E-state index contributed by atoms with van der Waals surface area (Å²) < 4.78 is 26.3. The fourth-order valence-electron chi connectivity index (χ4n) is 1.88. The summed E-state index contributed by atoms with van der Waals surface area (Å²) in [5, 5.41) is 5.12. The van der Waals surface area contributed by atoms with E-state index in [4.69, 9.17) is 0 Å². The summed E-state index contributed by atoms with van der Waals surface area (Å²) in [6.45, 7) is 0.378. The van der Waals surface area contributed by atoms with Crippen molar-refractivity contribution in [2.75, 3.05) is 6.54 Å². The molecule has 2 amide bonds. The van der Waals surface area contributed by atoms with Crippen LogP contribution in [0, 0.1) is 11.6 Å². The molecule has 0 spiro atoms. The van der Waals surface area contributed by atoms with Crippen molar-refractivity contribution in [3.8, 4) is 0 Å². The van der Waals surface area contributed by atoms with Crippen LogP contribution in [0.3, 0.4) is 0 Å². The average Bonchev–Trinajstić information content (AvgIpc) is 2.49. The Morgan fingerprint density at radius 3 is 2.68 bits per heavy atom. The maximum atomic E-state index is 13.3. The minimum atomic E-state index is -0.399. The molecule has 0 aromatic heterocycles. The highest BCUT2D eigenvalue weighted by molar-refractivity contribution is 5.75. The summed E-state index contributed by atoms with van der Waals surface area (Å²) in [5.41, 5.74) is 1.20. The number of benzene rings is 2. The lowest BCUT2D eigenvalue weighted by atomic mass is 10.1. The second-order valence-corrected chi connectivity index (χ2v) is 4.64. The number of carbonyl (C=O) groups is 1. The first-order valence-electron chi connectivity index (χ1n) is 6.85. The maximum absolute atomic E-state index is 13.3. The van der Waals surface area contributed by atoms with Crippen LogP contribution in [0.1, 0.15) is 11.1 Å². The molecular weight excluding hydrogens is 286 g/mol. The van der Waals surface area contributed by atoms with Gasteiger partial charge in [0.1, 0.15) is 11.6 Å². The third kappa shape index (κ3) is 5.01. The van der Waals surface area contributed by atoms with E-state index < -0.39 is 6.03 Å². The Labute approximate surface area is 127 Å². The molecule has 0 fully saturated rings. The molecule has 3 nitrogen and oxygen atoms in total. The molecule has 22 heavy (non-hydrogen) atoms. The predicted octanol–water partition coefficient (Wildman–Crippen LogP) is 3.48. The minimum Gasteiger partial charge on any atom is -0.338 e. The van der Waals surface area contributed by atoms with Crippen LogP contribution in [0.15, 0.2) is 54.7 Å². The maximum Gasteiger partial charge on any atom is 0.318 e. The van der Waals surface area contributed by atoms with Crippen molar-refractivity contribution in [1.82, 2.24) is 10.6 Å². The highest BCUT2D eigenvalue weighted by atomic mass is 19.1. The topological polar surface area (TPSA) is 41.1 Å². The minimum absolute atomic E-state index is 0.297. The number of hydrogen-bond donors (Lipinski definition) is 2. The van der Waals surface area contributed by atoms with Crippen LogP contribution in [0.4, 0.5) is 13.6 Å². The second kappa shape index (κ2) is 7.93. The molecule has 0 saturated carbocycles. The number of urea groups is 1. The van der Waals surface area contributed by atoms with Crippen LogP contribution in [-0.4, -0.2) is 12.6 Å². The van der Waals surface area contributed by atoms with Gasteiger partial charge in [-0.1, -0.05) is 30.3 Å². The van der Waals surface area contributed by atoms with Crippen molar-refractivity contribution >= 4 is 12.1 Å². The van der Waals surface area contributed by atoms with Crippen LogP contribution >= 0.6 is 0 Å². The Bertz CT molecular complexity index is 671. The molecule has 0 bridgehead atoms. The van der Waals surface area contributed by atoms with E-state index in [1.807, 2.05) is 0 Å². The molecule has 114 valence electrons. The van der Waals surface area contributed by atoms with Gasteiger partial charge in [0.25, 0.3) is 0 Å². The smallest absolute Gasteiger partial charge is 0.318 e. The van der Waals surface area contributed by atoms with Gasteiger partial charge in [-0.3, -0.25) is 0 Å². The van der Waals surface area contributed by atoms with Gasteiger partial charge in [-0.05, 0) is 36.3 Å². The zero-order valence-electron chi connectivity index (χ0n) is 11.9. The first-order chi connectivity index (χ1) is 10.6. The van der Waals surface area contributed by atoms with E-state index in [9.17, 15) is 13.6 Å². The van der Waals surface area contributed by atoms with Crippen LogP contribution < -0.4 is 10.6 Å². The fourth-order valence-corrected chi connectivity index (χ4v) is 1.88. The van der Waals surface area contributed by atoms with Gasteiger partial charge in [0.2, 0.25) is 0 Å². The molecule has 2 N–H and O–H groups in total. The number of hydrogen-bond acceptors (Lipinski definition) is 1. The summed E-state index contributed by atoms with van der Waals surface area (Å²) in [5.74, 6) is -0.651. The van der Waals surface area contributed by atoms with E-state index in [2.05, 4.69) is 10.6 Å². The first kappa shape index (κ1) is 15.7. The van der Waals surface area contributed by atoms with Crippen LogP contribution in [0.5, 0.6) is 0 Å². The second-order valence-electron chi connectivity index (χ2n) is 4.64. The molecule has 2 aromatic rings. The van der Waals surface area contributed by atoms with Gasteiger partial charge in [0, 0.05) is 18.3 Å². The Morgan fingerprint density at radius 2 is 1.91 bits per heavy atom. The van der Waals surface area contributed by atoms with Crippen molar-refractivity contribution < 1.29 is 13.6 Å². The number of carbonyl (C=O) groups excluding carboxylic acids is 1. The van der Waals surface area contributed by atoms with Gasteiger partial charge in [0.05, 0.1) is 0 Å². The monoisotopic (exact) mass is 302 g/mol. The van der Waals surface area contributed by atoms with Crippen molar-refractivity contribution in [3.63, 3.8) is 0 Å². The lowest BCUT2D eigenvalue weighted by Gasteiger charge is -2.05. The first-order valence-corrected chi connectivity index (χ1v) is 6.85. The highest BCUT2D eigenvalue weighted by Gasteiger charge is 1.99. The summed E-state index contributed by atoms with van der Waals surface area (Å²) >= 11 is 0. The normalized spacial score (nSPS) is 10.6.